The largest absolute Gasteiger partial charge is 0.468 e. The molecule has 1 aromatic heterocycles. The van der Waals surface area contributed by atoms with Gasteiger partial charge >= 0.3 is 0 Å². The quantitative estimate of drug-likeness (QED) is 0.786. The summed E-state index contributed by atoms with van der Waals surface area (Å²) in [7, 11) is 0. The second-order valence-electron chi connectivity index (χ2n) is 4.66. The minimum absolute atomic E-state index is 0.196. The fraction of sp³-hybridized carbons (Fsp3) is 0.545. The molecule has 0 aliphatic rings. The number of carbonyl (C=O) groups excluding carboxylic acids is 1. The van der Waals surface area contributed by atoms with Gasteiger partial charge in [0.1, 0.15) is 5.76 Å². The summed E-state index contributed by atoms with van der Waals surface area (Å²) in [6.45, 7) is 6.42. The van der Waals surface area contributed by atoms with Gasteiger partial charge in [-0.05, 0) is 17.5 Å². The highest BCUT2D eigenvalue weighted by Gasteiger charge is 2.29. The molecule has 0 aliphatic heterocycles. The third-order valence-corrected chi connectivity index (χ3v) is 2.21. The topological polar surface area (TPSA) is 68.3 Å². The van der Waals surface area contributed by atoms with Gasteiger partial charge in [-0.2, -0.15) is 0 Å². The highest BCUT2D eigenvalue weighted by atomic mass is 16.3. The molecule has 1 rings (SSSR count). The number of primary amides is 1. The van der Waals surface area contributed by atoms with Crippen molar-refractivity contribution in [3.8, 4) is 0 Å². The van der Waals surface area contributed by atoms with Crippen molar-refractivity contribution in [2.24, 2.45) is 11.1 Å². The number of nitrogens with one attached hydrogen (secondary N) is 1. The van der Waals surface area contributed by atoms with Crippen LogP contribution in [-0.2, 0) is 11.3 Å². The van der Waals surface area contributed by atoms with Gasteiger partial charge in [-0.15, -0.1) is 0 Å². The number of carbonyl (C=O) groups is 1. The zero-order valence-electron chi connectivity index (χ0n) is 9.41. The normalized spacial score (nSPS) is 13.8. The molecular formula is C11H18N2O2. The van der Waals surface area contributed by atoms with Gasteiger partial charge in [0.2, 0.25) is 5.91 Å². The van der Waals surface area contributed by atoms with E-state index in [2.05, 4.69) is 5.32 Å². The van der Waals surface area contributed by atoms with Gasteiger partial charge in [-0.1, -0.05) is 20.8 Å². The van der Waals surface area contributed by atoms with Crippen LogP contribution in [0, 0.1) is 5.41 Å². The minimum atomic E-state index is -0.359. The van der Waals surface area contributed by atoms with Crippen LogP contribution in [0.25, 0.3) is 0 Å². The lowest BCUT2D eigenvalue weighted by Crippen LogP contribution is -2.49. The van der Waals surface area contributed by atoms with Crippen molar-refractivity contribution in [1.29, 1.82) is 0 Å². The molecule has 1 atom stereocenters. The fourth-order valence-electron chi connectivity index (χ4n) is 1.45. The predicted molar refractivity (Wildman–Crippen MR) is 58.0 cm³/mol. The molecule has 1 amide bonds. The first kappa shape index (κ1) is 11.8. The summed E-state index contributed by atoms with van der Waals surface area (Å²) >= 11 is 0. The lowest BCUT2D eigenvalue weighted by molar-refractivity contribution is -0.122. The lowest BCUT2D eigenvalue weighted by atomic mass is 9.86. The van der Waals surface area contributed by atoms with Crippen molar-refractivity contribution in [1.82, 2.24) is 5.32 Å². The number of hydrogen-bond acceptors (Lipinski definition) is 3. The second-order valence-corrected chi connectivity index (χ2v) is 4.66. The Morgan fingerprint density at radius 2 is 2.27 bits per heavy atom. The smallest absolute Gasteiger partial charge is 0.235 e. The zero-order chi connectivity index (χ0) is 11.5. The highest BCUT2D eigenvalue weighted by Crippen LogP contribution is 2.19. The Bertz CT molecular complexity index is 312. The molecule has 0 unspecified atom stereocenters. The number of rotatable bonds is 4. The van der Waals surface area contributed by atoms with Crippen LogP contribution in [0.3, 0.4) is 0 Å². The lowest BCUT2D eigenvalue weighted by Gasteiger charge is -2.28. The fourth-order valence-corrected chi connectivity index (χ4v) is 1.45. The van der Waals surface area contributed by atoms with Gasteiger partial charge in [0.15, 0.2) is 0 Å². The van der Waals surface area contributed by atoms with E-state index in [9.17, 15) is 4.79 Å². The summed E-state index contributed by atoms with van der Waals surface area (Å²) in [6.07, 6.45) is 1.60. The number of furan rings is 1. The highest BCUT2D eigenvalue weighted by molar-refractivity contribution is 5.80. The predicted octanol–water partition coefficient (Wildman–Crippen LogP) is 1.27. The second kappa shape index (κ2) is 4.49. The average molecular weight is 210 g/mol. The van der Waals surface area contributed by atoms with Crippen molar-refractivity contribution in [3.05, 3.63) is 24.2 Å². The van der Waals surface area contributed by atoms with E-state index in [1.807, 2.05) is 32.9 Å². The van der Waals surface area contributed by atoms with Crippen LogP contribution in [0.15, 0.2) is 22.8 Å². The maximum absolute atomic E-state index is 11.2. The van der Waals surface area contributed by atoms with Gasteiger partial charge in [0.25, 0.3) is 0 Å². The van der Waals surface area contributed by atoms with Crippen molar-refractivity contribution >= 4 is 5.91 Å². The summed E-state index contributed by atoms with van der Waals surface area (Å²) < 4.78 is 5.16. The first-order valence-electron chi connectivity index (χ1n) is 4.96. The standard InChI is InChI=1S/C11H18N2O2/c1-11(2,3)9(10(12)14)13-7-8-5-4-6-15-8/h4-6,9,13H,7H2,1-3H3,(H2,12,14)/t9-/m1/s1. The average Bonchev–Trinajstić information content (AvgIpc) is 2.53. The maximum atomic E-state index is 11.2. The summed E-state index contributed by atoms with van der Waals surface area (Å²) in [4.78, 5) is 11.2. The third-order valence-electron chi connectivity index (χ3n) is 2.21. The van der Waals surface area contributed by atoms with Crippen LogP contribution in [0.1, 0.15) is 26.5 Å². The first-order chi connectivity index (χ1) is 6.91. The van der Waals surface area contributed by atoms with Gasteiger partial charge < -0.3 is 10.2 Å². The van der Waals surface area contributed by atoms with E-state index in [0.29, 0.717) is 6.54 Å². The summed E-state index contributed by atoms with van der Waals surface area (Å²) in [5, 5.41) is 3.09. The van der Waals surface area contributed by atoms with E-state index >= 15 is 0 Å². The summed E-state index contributed by atoms with van der Waals surface area (Å²) in [5.74, 6) is 0.458. The Hall–Kier alpha value is -1.29. The SMILES string of the molecule is CC(C)(C)[C@H](NCc1ccco1)C(N)=O. The Morgan fingerprint density at radius 1 is 1.60 bits per heavy atom. The molecule has 4 nitrogen and oxygen atoms in total. The Labute approximate surface area is 89.8 Å². The van der Waals surface area contributed by atoms with Crippen LogP contribution in [0.5, 0.6) is 0 Å². The monoisotopic (exact) mass is 210 g/mol. The van der Waals surface area contributed by atoms with Crippen LogP contribution in [-0.4, -0.2) is 11.9 Å². The molecule has 0 radical (unpaired) electrons. The summed E-state index contributed by atoms with van der Waals surface area (Å²) in [6, 6.07) is 3.31. The summed E-state index contributed by atoms with van der Waals surface area (Å²) in [5.41, 5.74) is 5.13. The molecule has 0 saturated heterocycles. The van der Waals surface area contributed by atoms with E-state index in [0.717, 1.165) is 5.76 Å². The van der Waals surface area contributed by atoms with Crippen LogP contribution in [0.2, 0.25) is 0 Å². The Kier molecular flexibility index (Phi) is 3.52. The number of hydrogen-bond donors (Lipinski definition) is 2. The van der Waals surface area contributed by atoms with Crippen LogP contribution in [0.4, 0.5) is 0 Å². The first-order valence-corrected chi connectivity index (χ1v) is 4.96. The van der Waals surface area contributed by atoms with E-state index in [1.165, 1.54) is 0 Å². The number of nitrogens with two attached hydrogens (primary N) is 1. The van der Waals surface area contributed by atoms with Gasteiger partial charge in [0, 0.05) is 0 Å². The molecule has 15 heavy (non-hydrogen) atoms. The van der Waals surface area contributed by atoms with Gasteiger partial charge in [-0.25, -0.2) is 0 Å². The molecule has 4 heteroatoms. The van der Waals surface area contributed by atoms with Crippen molar-refractivity contribution in [2.75, 3.05) is 0 Å². The van der Waals surface area contributed by atoms with Crippen LogP contribution < -0.4 is 11.1 Å². The molecule has 0 bridgehead atoms. The van der Waals surface area contributed by atoms with E-state index in [4.69, 9.17) is 10.2 Å². The molecule has 0 saturated carbocycles. The molecule has 84 valence electrons. The van der Waals surface area contributed by atoms with Gasteiger partial charge in [0.05, 0.1) is 18.8 Å². The minimum Gasteiger partial charge on any atom is -0.468 e. The molecule has 1 aromatic rings. The maximum Gasteiger partial charge on any atom is 0.235 e. The zero-order valence-corrected chi connectivity index (χ0v) is 9.41. The number of amides is 1. The molecule has 1 heterocycles. The van der Waals surface area contributed by atoms with E-state index in [1.54, 1.807) is 6.26 Å². The molecule has 3 N–H and O–H groups in total. The Morgan fingerprint density at radius 3 is 2.67 bits per heavy atom. The van der Waals surface area contributed by atoms with Gasteiger partial charge in [-0.3, -0.25) is 10.1 Å². The molecule has 0 aliphatic carbocycles. The molecule has 0 aromatic carbocycles. The molecular weight excluding hydrogens is 192 g/mol. The van der Waals surface area contributed by atoms with E-state index in [-0.39, 0.29) is 17.4 Å². The van der Waals surface area contributed by atoms with Crippen molar-refractivity contribution in [2.45, 2.75) is 33.4 Å². The van der Waals surface area contributed by atoms with Crippen LogP contribution >= 0.6 is 0 Å². The third kappa shape index (κ3) is 3.40. The molecule has 0 spiro atoms. The van der Waals surface area contributed by atoms with Crippen molar-refractivity contribution in [3.63, 3.8) is 0 Å². The molecule has 0 fully saturated rings. The van der Waals surface area contributed by atoms with E-state index < -0.39 is 0 Å². The Balaban J connectivity index is 2.57. The van der Waals surface area contributed by atoms with Crippen molar-refractivity contribution < 1.29 is 9.21 Å².